The van der Waals surface area contributed by atoms with E-state index in [0.29, 0.717) is 10.0 Å². The molecule has 0 heterocycles. The summed E-state index contributed by atoms with van der Waals surface area (Å²) in [6.07, 6.45) is 0. The topological polar surface area (TPSA) is 115 Å². The second-order valence-electron chi connectivity index (χ2n) is 4.06. The molecular weight excluding hydrogens is 338 g/mol. The van der Waals surface area contributed by atoms with Gasteiger partial charge in [-0.1, -0.05) is 15.9 Å². The predicted molar refractivity (Wildman–Crippen MR) is 74.4 cm³/mol. The first-order valence-corrected chi connectivity index (χ1v) is 7.63. The third-order valence-electron chi connectivity index (χ3n) is 2.51. The molecule has 1 rings (SSSR count). The maximum absolute atomic E-state index is 12.0. The van der Waals surface area contributed by atoms with Gasteiger partial charge in [0.15, 0.2) is 0 Å². The molecule has 9 heteroatoms. The van der Waals surface area contributed by atoms with Crippen molar-refractivity contribution >= 4 is 31.6 Å². The van der Waals surface area contributed by atoms with Crippen LogP contribution in [0.4, 0.5) is 5.69 Å². The summed E-state index contributed by atoms with van der Waals surface area (Å²) in [6.45, 7) is 3.28. The van der Waals surface area contributed by atoms with Crippen LogP contribution >= 0.6 is 15.9 Å². The standard InChI is InChI=1S/C10H14BrN3O4S/c1-6(5-12)13-19(17,18)8-3-9(11)7(2)10(4-8)14(15)16/h3-4,6,13H,5,12H2,1-2H3/t6-/m0/s1. The summed E-state index contributed by atoms with van der Waals surface area (Å²) >= 11 is 3.12. The Bertz CT molecular complexity index is 603. The van der Waals surface area contributed by atoms with Crippen LogP contribution in [0.25, 0.3) is 0 Å². The van der Waals surface area contributed by atoms with Crippen molar-refractivity contribution in [3.63, 3.8) is 0 Å². The number of nitro groups is 1. The second kappa shape index (κ2) is 5.95. The minimum absolute atomic E-state index is 0.133. The molecule has 0 aromatic heterocycles. The number of nitrogens with zero attached hydrogens (tertiary/aromatic N) is 1. The Morgan fingerprint density at radius 1 is 1.53 bits per heavy atom. The van der Waals surface area contributed by atoms with Gasteiger partial charge in [0.2, 0.25) is 10.0 Å². The monoisotopic (exact) mass is 351 g/mol. The number of rotatable bonds is 5. The van der Waals surface area contributed by atoms with Crippen molar-refractivity contribution in [1.29, 1.82) is 0 Å². The van der Waals surface area contributed by atoms with Crippen LogP contribution in [0.15, 0.2) is 21.5 Å². The second-order valence-corrected chi connectivity index (χ2v) is 6.63. The van der Waals surface area contributed by atoms with Crippen molar-refractivity contribution in [3.05, 3.63) is 32.3 Å². The van der Waals surface area contributed by atoms with E-state index in [1.165, 1.54) is 13.0 Å². The number of hydrogen-bond acceptors (Lipinski definition) is 5. The molecule has 0 aliphatic carbocycles. The zero-order valence-corrected chi connectivity index (χ0v) is 12.8. The Morgan fingerprint density at radius 2 is 2.11 bits per heavy atom. The lowest BCUT2D eigenvalue weighted by Gasteiger charge is -2.12. The van der Waals surface area contributed by atoms with Gasteiger partial charge in [-0.2, -0.15) is 0 Å². The summed E-state index contributed by atoms with van der Waals surface area (Å²) < 4.78 is 26.8. The fourth-order valence-electron chi connectivity index (χ4n) is 1.37. The molecule has 0 amide bonds. The highest BCUT2D eigenvalue weighted by Crippen LogP contribution is 2.29. The molecule has 0 aliphatic heterocycles. The van der Waals surface area contributed by atoms with Crippen LogP contribution in [0.5, 0.6) is 0 Å². The Morgan fingerprint density at radius 3 is 2.58 bits per heavy atom. The van der Waals surface area contributed by atoms with Crippen molar-refractivity contribution in [1.82, 2.24) is 4.72 Å². The molecule has 0 saturated carbocycles. The van der Waals surface area contributed by atoms with Crippen molar-refractivity contribution in [3.8, 4) is 0 Å². The number of hydrogen-bond donors (Lipinski definition) is 2. The van der Waals surface area contributed by atoms with E-state index in [9.17, 15) is 18.5 Å². The van der Waals surface area contributed by atoms with Crippen LogP contribution in [0.3, 0.4) is 0 Å². The quantitative estimate of drug-likeness (QED) is 0.612. The number of benzene rings is 1. The summed E-state index contributed by atoms with van der Waals surface area (Å²) in [5.41, 5.74) is 5.46. The summed E-state index contributed by atoms with van der Waals surface area (Å²) in [7, 11) is -3.83. The first-order chi connectivity index (χ1) is 8.69. The van der Waals surface area contributed by atoms with Gasteiger partial charge in [0, 0.05) is 28.7 Å². The molecular formula is C10H14BrN3O4S. The fourth-order valence-corrected chi connectivity index (χ4v) is 3.27. The molecule has 3 N–H and O–H groups in total. The Kier molecular flexibility index (Phi) is 5.02. The minimum atomic E-state index is -3.83. The lowest BCUT2D eigenvalue weighted by atomic mass is 10.2. The van der Waals surface area contributed by atoms with Gasteiger partial charge in [-0.25, -0.2) is 13.1 Å². The van der Waals surface area contributed by atoms with E-state index in [1.54, 1.807) is 6.92 Å². The van der Waals surface area contributed by atoms with Crippen molar-refractivity contribution in [2.75, 3.05) is 6.54 Å². The fraction of sp³-hybridized carbons (Fsp3) is 0.400. The summed E-state index contributed by atoms with van der Waals surface area (Å²) in [4.78, 5) is 10.1. The molecule has 0 bridgehead atoms. The van der Waals surface area contributed by atoms with Crippen LogP contribution in [0, 0.1) is 17.0 Å². The van der Waals surface area contributed by atoms with E-state index in [2.05, 4.69) is 20.7 Å². The van der Waals surface area contributed by atoms with E-state index >= 15 is 0 Å². The predicted octanol–water partition coefficient (Wildman–Crippen LogP) is 1.29. The highest BCUT2D eigenvalue weighted by molar-refractivity contribution is 9.10. The maximum Gasteiger partial charge on any atom is 0.274 e. The lowest BCUT2D eigenvalue weighted by molar-refractivity contribution is -0.385. The first kappa shape index (κ1) is 16.0. The van der Waals surface area contributed by atoms with Gasteiger partial charge < -0.3 is 5.73 Å². The average Bonchev–Trinajstić information content (AvgIpc) is 2.31. The number of nitrogens with two attached hydrogens (primary N) is 1. The summed E-state index contributed by atoms with van der Waals surface area (Å²) in [5.74, 6) is 0. The van der Waals surface area contributed by atoms with E-state index in [1.807, 2.05) is 0 Å². The van der Waals surface area contributed by atoms with Crippen LogP contribution < -0.4 is 10.5 Å². The molecule has 19 heavy (non-hydrogen) atoms. The van der Waals surface area contributed by atoms with Crippen LogP contribution in [-0.4, -0.2) is 25.9 Å². The zero-order chi connectivity index (χ0) is 14.8. The van der Waals surface area contributed by atoms with E-state index in [-0.39, 0.29) is 17.1 Å². The average molecular weight is 352 g/mol. The van der Waals surface area contributed by atoms with E-state index in [0.717, 1.165) is 6.07 Å². The van der Waals surface area contributed by atoms with Gasteiger partial charge in [0.05, 0.1) is 9.82 Å². The third-order valence-corrected chi connectivity index (χ3v) is 4.90. The van der Waals surface area contributed by atoms with E-state index in [4.69, 9.17) is 5.73 Å². The zero-order valence-electron chi connectivity index (χ0n) is 10.4. The number of nitro benzene ring substituents is 1. The largest absolute Gasteiger partial charge is 0.329 e. The van der Waals surface area contributed by atoms with Gasteiger partial charge in [0.25, 0.3) is 5.69 Å². The number of sulfonamides is 1. The SMILES string of the molecule is Cc1c(Br)cc(S(=O)(=O)N[C@@H](C)CN)cc1[N+](=O)[O-]. The molecule has 0 aliphatic rings. The molecule has 0 spiro atoms. The van der Waals surface area contributed by atoms with Gasteiger partial charge in [-0.15, -0.1) is 0 Å². The maximum atomic E-state index is 12.0. The summed E-state index contributed by atoms with van der Waals surface area (Å²) in [5, 5.41) is 10.9. The molecule has 1 aromatic rings. The number of nitrogens with one attached hydrogen (secondary N) is 1. The van der Waals surface area contributed by atoms with Gasteiger partial charge in [-0.05, 0) is 19.9 Å². The molecule has 0 unspecified atom stereocenters. The van der Waals surface area contributed by atoms with Crippen molar-refractivity contribution in [2.45, 2.75) is 24.8 Å². The Labute approximate surface area is 119 Å². The van der Waals surface area contributed by atoms with Crippen molar-refractivity contribution in [2.24, 2.45) is 5.73 Å². The van der Waals surface area contributed by atoms with Gasteiger partial charge in [0.1, 0.15) is 0 Å². The normalized spacial score (nSPS) is 13.3. The molecule has 0 fully saturated rings. The van der Waals surface area contributed by atoms with Crippen LogP contribution in [-0.2, 0) is 10.0 Å². The first-order valence-electron chi connectivity index (χ1n) is 5.36. The highest BCUT2D eigenvalue weighted by Gasteiger charge is 2.23. The Balaban J connectivity index is 3.32. The minimum Gasteiger partial charge on any atom is -0.329 e. The highest BCUT2D eigenvalue weighted by atomic mass is 79.9. The van der Waals surface area contributed by atoms with E-state index < -0.39 is 21.0 Å². The molecule has 1 aromatic carbocycles. The van der Waals surface area contributed by atoms with Gasteiger partial charge >= 0.3 is 0 Å². The molecule has 1 atom stereocenters. The number of halogens is 1. The van der Waals surface area contributed by atoms with Crippen molar-refractivity contribution < 1.29 is 13.3 Å². The molecule has 7 nitrogen and oxygen atoms in total. The molecule has 0 saturated heterocycles. The lowest BCUT2D eigenvalue weighted by Crippen LogP contribution is -2.37. The Hall–Kier alpha value is -1.03. The molecule has 0 radical (unpaired) electrons. The smallest absolute Gasteiger partial charge is 0.274 e. The summed E-state index contributed by atoms with van der Waals surface area (Å²) in [6, 6.07) is 1.91. The molecule has 106 valence electrons. The van der Waals surface area contributed by atoms with Gasteiger partial charge in [-0.3, -0.25) is 10.1 Å². The van der Waals surface area contributed by atoms with Crippen LogP contribution in [0.1, 0.15) is 12.5 Å². The third kappa shape index (κ3) is 3.72. The van der Waals surface area contributed by atoms with Crippen LogP contribution in [0.2, 0.25) is 0 Å².